The van der Waals surface area contributed by atoms with Gasteiger partial charge in [0.2, 0.25) is 11.8 Å². The zero-order valence-electron chi connectivity index (χ0n) is 17.0. The fraction of sp³-hybridized carbons (Fsp3) is 0.417. The molecular formula is C24H30N2O3. The van der Waals surface area contributed by atoms with E-state index in [1.165, 1.54) is 0 Å². The van der Waals surface area contributed by atoms with E-state index in [2.05, 4.69) is 10.6 Å². The zero-order valence-corrected chi connectivity index (χ0v) is 17.0. The fourth-order valence-electron chi connectivity index (χ4n) is 3.63. The second-order valence-corrected chi connectivity index (χ2v) is 7.63. The standard InChI is InChI=1S/C24H30N2O3/c1-2-16-25-23(27)19-8-10-20(11-9-19)24(28)26-21-12-14-22(15-13-21)29-17-18-6-4-3-5-7-18/h3-7,12-15,19-20H,2,8-11,16-17H2,1H3,(H,25,27)(H,26,28). The second kappa shape index (κ2) is 10.6. The molecule has 2 amide bonds. The first-order chi connectivity index (χ1) is 14.2. The molecule has 5 nitrogen and oxygen atoms in total. The molecule has 0 aromatic heterocycles. The number of amides is 2. The van der Waals surface area contributed by atoms with Crippen molar-refractivity contribution in [3.63, 3.8) is 0 Å². The third kappa shape index (κ3) is 6.34. The van der Waals surface area contributed by atoms with Crippen LogP contribution in [0.4, 0.5) is 5.69 Å². The van der Waals surface area contributed by atoms with Crippen LogP contribution in [0.15, 0.2) is 54.6 Å². The smallest absolute Gasteiger partial charge is 0.227 e. The molecule has 1 aliphatic carbocycles. The normalized spacial score (nSPS) is 18.7. The number of hydrogen-bond acceptors (Lipinski definition) is 3. The van der Waals surface area contributed by atoms with Crippen LogP contribution in [0, 0.1) is 11.8 Å². The van der Waals surface area contributed by atoms with Gasteiger partial charge in [-0.1, -0.05) is 37.3 Å². The molecule has 0 aliphatic heterocycles. The molecular weight excluding hydrogens is 364 g/mol. The zero-order chi connectivity index (χ0) is 20.5. The molecule has 1 aliphatic rings. The van der Waals surface area contributed by atoms with E-state index in [0.717, 1.165) is 55.6 Å². The van der Waals surface area contributed by atoms with E-state index in [4.69, 9.17) is 4.74 Å². The summed E-state index contributed by atoms with van der Waals surface area (Å²) >= 11 is 0. The fourth-order valence-corrected chi connectivity index (χ4v) is 3.63. The van der Waals surface area contributed by atoms with Gasteiger partial charge in [-0.05, 0) is 61.9 Å². The van der Waals surface area contributed by atoms with E-state index >= 15 is 0 Å². The number of carbonyl (C=O) groups excluding carboxylic acids is 2. The van der Waals surface area contributed by atoms with E-state index in [1.807, 2.05) is 61.5 Å². The highest BCUT2D eigenvalue weighted by Gasteiger charge is 2.29. The Morgan fingerprint density at radius 1 is 0.897 bits per heavy atom. The van der Waals surface area contributed by atoms with Crippen LogP contribution in [0.25, 0.3) is 0 Å². The molecule has 0 bridgehead atoms. The summed E-state index contributed by atoms with van der Waals surface area (Å²) in [5, 5.41) is 5.96. The predicted octanol–water partition coefficient (Wildman–Crippen LogP) is 4.54. The van der Waals surface area contributed by atoms with Crippen molar-refractivity contribution in [2.24, 2.45) is 11.8 Å². The Morgan fingerprint density at radius 3 is 2.14 bits per heavy atom. The van der Waals surface area contributed by atoms with Gasteiger partial charge in [-0.25, -0.2) is 0 Å². The van der Waals surface area contributed by atoms with Gasteiger partial charge in [-0.3, -0.25) is 9.59 Å². The van der Waals surface area contributed by atoms with Crippen molar-refractivity contribution in [2.45, 2.75) is 45.6 Å². The SMILES string of the molecule is CCCNC(=O)C1CCC(C(=O)Nc2ccc(OCc3ccccc3)cc2)CC1. The minimum absolute atomic E-state index is 0.0285. The maximum Gasteiger partial charge on any atom is 0.227 e. The number of nitrogens with one attached hydrogen (secondary N) is 2. The number of rotatable bonds is 8. The molecule has 0 heterocycles. The van der Waals surface area contributed by atoms with Crippen molar-refractivity contribution in [1.82, 2.24) is 5.32 Å². The van der Waals surface area contributed by atoms with Crippen LogP contribution >= 0.6 is 0 Å². The molecule has 1 saturated carbocycles. The van der Waals surface area contributed by atoms with Gasteiger partial charge in [0.05, 0.1) is 0 Å². The van der Waals surface area contributed by atoms with Gasteiger partial charge in [0.15, 0.2) is 0 Å². The first-order valence-electron chi connectivity index (χ1n) is 10.5. The predicted molar refractivity (Wildman–Crippen MR) is 115 cm³/mol. The Hall–Kier alpha value is -2.82. The summed E-state index contributed by atoms with van der Waals surface area (Å²) in [6, 6.07) is 17.5. The minimum Gasteiger partial charge on any atom is -0.489 e. The molecule has 0 saturated heterocycles. The maximum absolute atomic E-state index is 12.6. The third-order valence-electron chi connectivity index (χ3n) is 5.39. The van der Waals surface area contributed by atoms with E-state index in [-0.39, 0.29) is 23.7 Å². The third-order valence-corrected chi connectivity index (χ3v) is 5.39. The van der Waals surface area contributed by atoms with Crippen LogP contribution in [0.2, 0.25) is 0 Å². The summed E-state index contributed by atoms with van der Waals surface area (Å²) < 4.78 is 5.78. The molecule has 0 spiro atoms. The Bertz CT molecular complexity index is 782. The number of anilines is 1. The molecule has 2 aromatic rings. The van der Waals surface area contributed by atoms with Crippen LogP contribution in [0.5, 0.6) is 5.75 Å². The maximum atomic E-state index is 12.6. The molecule has 5 heteroatoms. The first-order valence-corrected chi connectivity index (χ1v) is 10.5. The van der Waals surface area contributed by atoms with Gasteiger partial charge >= 0.3 is 0 Å². The lowest BCUT2D eigenvalue weighted by Gasteiger charge is -2.27. The largest absolute Gasteiger partial charge is 0.489 e. The lowest BCUT2D eigenvalue weighted by atomic mass is 9.81. The topological polar surface area (TPSA) is 67.4 Å². The lowest BCUT2D eigenvalue weighted by Crippen LogP contribution is -2.35. The van der Waals surface area contributed by atoms with Crippen molar-refractivity contribution in [3.8, 4) is 5.75 Å². The lowest BCUT2D eigenvalue weighted by molar-refractivity contribution is -0.128. The van der Waals surface area contributed by atoms with Gasteiger partial charge in [-0.15, -0.1) is 0 Å². The quantitative estimate of drug-likeness (QED) is 0.691. The van der Waals surface area contributed by atoms with E-state index in [0.29, 0.717) is 6.61 Å². The van der Waals surface area contributed by atoms with Crippen LogP contribution < -0.4 is 15.4 Å². The van der Waals surface area contributed by atoms with Gasteiger partial charge in [0, 0.05) is 24.1 Å². The summed E-state index contributed by atoms with van der Waals surface area (Å²) in [5.74, 6) is 0.962. The molecule has 1 fully saturated rings. The number of carbonyl (C=O) groups is 2. The van der Waals surface area contributed by atoms with Crippen molar-refractivity contribution in [3.05, 3.63) is 60.2 Å². The van der Waals surface area contributed by atoms with Crippen LogP contribution in [0.3, 0.4) is 0 Å². The molecule has 29 heavy (non-hydrogen) atoms. The molecule has 2 aromatic carbocycles. The molecule has 2 N–H and O–H groups in total. The van der Waals surface area contributed by atoms with Gasteiger partial charge in [0.25, 0.3) is 0 Å². The Kier molecular flexibility index (Phi) is 7.68. The summed E-state index contributed by atoms with van der Waals surface area (Å²) in [5.41, 5.74) is 1.88. The van der Waals surface area contributed by atoms with Gasteiger partial charge in [-0.2, -0.15) is 0 Å². The summed E-state index contributed by atoms with van der Waals surface area (Å²) in [4.78, 5) is 24.6. The average molecular weight is 395 g/mol. The van der Waals surface area contributed by atoms with Crippen molar-refractivity contribution < 1.29 is 14.3 Å². The summed E-state index contributed by atoms with van der Waals surface area (Å²) in [6.07, 6.45) is 4.02. The Balaban J connectivity index is 1.43. The van der Waals surface area contributed by atoms with Crippen molar-refractivity contribution in [1.29, 1.82) is 0 Å². The van der Waals surface area contributed by atoms with E-state index in [9.17, 15) is 9.59 Å². The summed E-state index contributed by atoms with van der Waals surface area (Å²) in [6.45, 7) is 3.29. The molecule has 154 valence electrons. The van der Waals surface area contributed by atoms with E-state index < -0.39 is 0 Å². The Labute approximate surface area is 172 Å². The van der Waals surface area contributed by atoms with E-state index in [1.54, 1.807) is 0 Å². The number of hydrogen-bond donors (Lipinski definition) is 2. The average Bonchev–Trinajstić information content (AvgIpc) is 2.77. The minimum atomic E-state index is -0.0285. The van der Waals surface area contributed by atoms with Crippen LogP contribution in [-0.2, 0) is 16.2 Å². The monoisotopic (exact) mass is 394 g/mol. The van der Waals surface area contributed by atoms with Gasteiger partial charge in [0.1, 0.15) is 12.4 Å². The van der Waals surface area contributed by atoms with Crippen LogP contribution in [0.1, 0.15) is 44.6 Å². The van der Waals surface area contributed by atoms with Crippen molar-refractivity contribution in [2.75, 3.05) is 11.9 Å². The highest BCUT2D eigenvalue weighted by molar-refractivity contribution is 5.92. The molecule has 3 rings (SSSR count). The molecule has 0 atom stereocenters. The highest BCUT2D eigenvalue weighted by atomic mass is 16.5. The van der Waals surface area contributed by atoms with Crippen molar-refractivity contribution >= 4 is 17.5 Å². The second-order valence-electron chi connectivity index (χ2n) is 7.63. The Morgan fingerprint density at radius 2 is 1.52 bits per heavy atom. The number of benzene rings is 2. The molecule has 0 unspecified atom stereocenters. The van der Waals surface area contributed by atoms with Gasteiger partial charge < -0.3 is 15.4 Å². The number of ether oxygens (including phenoxy) is 1. The summed E-state index contributed by atoms with van der Waals surface area (Å²) in [7, 11) is 0. The van der Waals surface area contributed by atoms with Crippen LogP contribution in [-0.4, -0.2) is 18.4 Å². The first kappa shape index (κ1) is 20.9. The molecule has 0 radical (unpaired) electrons. The highest BCUT2D eigenvalue weighted by Crippen LogP contribution is 2.30.